The molecule has 0 spiro atoms. The van der Waals surface area contributed by atoms with Gasteiger partial charge in [-0.25, -0.2) is 0 Å². The fraction of sp³-hybridized carbons (Fsp3) is 0. The van der Waals surface area contributed by atoms with Crippen LogP contribution in [0.3, 0.4) is 0 Å². The first-order valence-corrected chi connectivity index (χ1v) is 6.53. The first-order chi connectivity index (χ1) is 9.92. The van der Waals surface area contributed by atoms with Gasteiger partial charge < -0.3 is 0 Å². The van der Waals surface area contributed by atoms with Crippen LogP contribution >= 0.6 is 0 Å². The topological polar surface area (TPSA) is 25.8 Å². The second kappa shape index (κ2) is 4.42. The molecule has 1 radical (unpaired) electrons. The molecule has 2 aromatic carbocycles. The molecule has 0 atom stereocenters. The molecular formula is C18H11N2. The molecule has 4 rings (SSSR count). The Kier molecular flexibility index (Phi) is 2.46. The van der Waals surface area contributed by atoms with Gasteiger partial charge in [-0.05, 0) is 16.8 Å². The van der Waals surface area contributed by atoms with Gasteiger partial charge in [0.15, 0.2) is 0 Å². The monoisotopic (exact) mass is 255 g/mol. The zero-order chi connectivity index (χ0) is 13.4. The van der Waals surface area contributed by atoms with Crippen LogP contribution in [0.1, 0.15) is 0 Å². The van der Waals surface area contributed by atoms with Crippen LogP contribution in [0.15, 0.2) is 67.0 Å². The first kappa shape index (κ1) is 11.1. The molecule has 0 fully saturated rings. The zero-order valence-corrected chi connectivity index (χ0v) is 10.7. The van der Waals surface area contributed by atoms with E-state index in [9.17, 15) is 0 Å². The standard InChI is InChI=1S/C18H11N2/c1-2-7-15-12-20-17(11-14(15)6-1)18-16-8-4-3-5-13(16)9-10-19-18/h1-10,12H. The average Bonchev–Trinajstić information content (AvgIpc) is 2.54. The molecule has 2 heterocycles. The van der Waals surface area contributed by atoms with Crippen LogP contribution < -0.4 is 0 Å². The Morgan fingerprint density at radius 3 is 2.50 bits per heavy atom. The van der Waals surface area contributed by atoms with E-state index < -0.39 is 0 Å². The van der Waals surface area contributed by atoms with Gasteiger partial charge in [0.2, 0.25) is 0 Å². The summed E-state index contributed by atoms with van der Waals surface area (Å²) in [6.45, 7) is 0. The number of hydrogen-bond acceptors (Lipinski definition) is 2. The van der Waals surface area contributed by atoms with Crippen molar-refractivity contribution < 1.29 is 0 Å². The lowest BCUT2D eigenvalue weighted by Gasteiger charge is -2.05. The van der Waals surface area contributed by atoms with Crippen molar-refractivity contribution in [3.63, 3.8) is 0 Å². The van der Waals surface area contributed by atoms with Crippen LogP contribution in [-0.4, -0.2) is 9.97 Å². The van der Waals surface area contributed by atoms with E-state index in [-0.39, 0.29) is 0 Å². The van der Waals surface area contributed by atoms with E-state index in [0.29, 0.717) is 0 Å². The molecule has 0 unspecified atom stereocenters. The molecular weight excluding hydrogens is 244 g/mol. The third-order valence-corrected chi connectivity index (χ3v) is 3.44. The average molecular weight is 255 g/mol. The second-order valence-corrected chi connectivity index (χ2v) is 4.70. The molecule has 2 heteroatoms. The van der Waals surface area contributed by atoms with Crippen molar-refractivity contribution in [2.75, 3.05) is 0 Å². The molecule has 0 aliphatic rings. The summed E-state index contributed by atoms with van der Waals surface area (Å²) in [5.41, 5.74) is 1.68. The van der Waals surface area contributed by atoms with E-state index >= 15 is 0 Å². The van der Waals surface area contributed by atoms with Gasteiger partial charge in [-0.3, -0.25) is 9.97 Å². The van der Waals surface area contributed by atoms with Crippen LogP contribution in [-0.2, 0) is 0 Å². The smallest absolute Gasteiger partial charge is 0.0978 e. The lowest BCUT2D eigenvalue weighted by molar-refractivity contribution is 1.28. The largest absolute Gasteiger partial charge is 0.254 e. The predicted octanol–water partition coefficient (Wildman–Crippen LogP) is 4.25. The number of nitrogens with zero attached hydrogens (tertiary/aromatic N) is 2. The maximum atomic E-state index is 4.51. The zero-order valence-electron chi connectivity index (χ0n) is 10.7. The van der Waals surface area contributed by atoms with Crippen LogP contribution in [0.25, 0.3) is 32.9 Å². The van der Waals surface area contributed by atoms with E-state index in [1.807, 2.05) is 54.9 Å². The van der Waals surface area contributed by atoms with Crippen molar-refractivity contribution in [1.29, 1.82) is 0 Å². The number of aromatic nitrogens is 2. The highest BCUT2D eigenvalue weighted by molar-refractivity contribution is 5.95. The van der Waals surface area contributed by atoms with Gasteiger partial charge in [0.25, 0.3) is 0 Å². The summed E-state index contributed by atoms with van der Waals surface area (Å²) in [6.07, 6.45) is 3.70. The Labute approximate surface area is 116 Å². The highest BCUT2D eigenvalue weighted by Crippen LogP contribution is 2.26. The maximum absolute atomic E-state index is 4.51. The fourth-order valence-corrected chi connectivity index (χ4v) is 2.45. The summed E-state index contributed by atoms with van der Waals surface area (Å²) < 4.78 is 0. The van der Waals surface area contributed by atoms with Gasteiger partial charge in [-0.2, -0.15) is 0 Å². The summed E-state index contributed by atoms with van der Waals surface area (Å²) in [7, 11) is 0. The maximum Gasteiger partial charge on any atom is 0.0978 e. The Balaban J connectivity index is 2.01. The van der Waals surface area contributed by atoms with E-state index in [4.69, 9.17) is 0 Å². The van der Waals surface area contributed by atoms with Crippen LogP contribution in [0.4, 0.5) is 0 Å². The van der Waals surface area contributed by atoms with E-state index in [2.05, 4.69) is 28.2 Å². The Hall–Kier alpha value is -2.74. The first-order valence-electron chi connectivity index (χ1n) is 6.53. The van der Waals surface area contributed by atoms with Gasteiger partial charge in [0, 0.05) is 29.2 Å². The van der Waals surface area contributed by atoms with Crippen molar-refractivity contribution in [1.82, 2.24) is 9.97 Å². The van der Waals surface area contributed by atoms with Crippen LogP contribution in [0.2, 0.25) is 0 Å². The van der Waals surface area contributed by atoms with E-state index in [0.717, 1.165) is 27.5 Å². The normalized spacial score (nSPS) is 11.0. The van der Waals surface area contributed by atoms with Gasteiger partial charge >= 0.3 is 0 Å². The number of rotatable bonds is 1. The quantitative estimate of drug-likeness (QED) is 0.508. The van der Waals surface area contributed by atoms with Crippen molar-refractivity contribution in [2.45, 2.75) is 0 Å². The molecule has 0 bridgehead atoms. The molecule has 0 aliphatic carbocycles. The summed E-state index contributed by atoms with van der Waals surface area (Å²) >= 11 is 0. The second-order valence-electron chi connectivity index (χ2n) is 4.70. The molecule has 0 amide bonds. The molecule has 20 heavy (non-hydrogen) atoms. The van der Waals surface area contributed by atoms with Gasteiger partial charge in [-0.15, -0.1) is 0 Å². The van der Waals surface area contributed by atoms with Gasteiger partial charge in [-0.1, -0.05) is 48.5 Å². The SMILES string of the molecule is [c]1c(-c2nccc3ccccc23)ncc2ccccc12. The lowest BCUT2D eigenvalue weighted by Crippen LogP contribution is -1.89. The summed E-state index contributed by atoms with van der Waals surface area (Å²) in [5.74, 6) is 0. The molecule has 0 saturated heterocycles. The third-order valence-electron chi connectivity index (χ3n) is 3.44. The number of hydrogen-bond donors (Lipinski definition) is 0. The van der Waals surface area contributed by atoms with Gasteiger partial charge in [0.05, 0.1) is 11.4 Å². The highest BCUT2D eigenvalue weighted by Gasteiger charge is 2.07. The number of fused-ring (bicyclic) bond motifs is 2. The minimum absolute atomic E-state index is 0.792. The molecule has 2 aromatic heterocycles. The Bertz CT molecular complexity index is 908. The highest BCUT2D eigenvalue weighted by atomic mass is 14.8. The molecule has 0 aliphatic heterocycles. The summed E-state index contributed by atoms with van der Waals surface area (Å²) in [4.78, 5) is 9.00. The predicted molar refractivity (Wildman–Crippen MR) is 81.3 cm³/mol. The number of benzene rings is 2. The Morgan fingerprint density at radius 2 is 1.55 bits per heavy atom. The third kappa shape index (κ3) is 1.74. The van der Waals surface area contributed by atoms with Crippen LogP contribution in [0.5, 0.6) is 0 Å². The van der Waals surface area contributed by atoms with Gasteiger partial charge in [0.1, 0.15) is 0 Å². The van der Waals surface area contributed by atoms with Crippen molar-refractivity contribution >= 4 is 21.5 Å². The van der Waals surface area contributed by atoms with E-state index in [1.165, 1.54) is 5.39 Å². The minimum Gasteiger partial charge on any atom is -0.254 e. The molecule has 2 nitrogen and oxygen atoms in total. The van der Waals surface area contributed by atoms with Crippen LogP contribution in [0, 0.1) is 6.07 Å². The molecule has 4 aromatic rings. The van der Waals surface area contributed by atoms with Crippen molar-refractivity contribution in [3.05, 3.63) is 73.1 Å². The Morgan fingerprint density at radius 1 is 0.750 bits per heavy atom. The molecule has 0 N–H and O–H groups in total. The van der Waals surface area contributed by atoms with Crippen molar-refractivity contribution in [2.24, 2.45) is 0 Å². The lowest BCUT2D eigenvalue weighted by atomic mass is 10.1. The molecule has 93 valence electrons. The van der Waals surface area contributed by atoms with E-state index in [1.54, 1.807) is 0 Å². The summed E-state index contributed by atoms with van der Waals surface area (Å²) in [5, 5.41) is 4.43. The molecule has 0 saturated carbocycles. The minimum atomic E-state index is 0.792. The fourth-order valence-electron chi connectivity index (χ4n) is 2.45. The van der Waals surface area contributed by atoms with Crippen molar-refractivity contribution in [3.8, 4) is 11.4 Å². The number of pyridine rings is 2. The summed E-state index contributed by atoms with van der Waals surface area (Å²) in [6, 6.07) is 21.7.